The van der Waals surface area contributed by atoms with Crippen LogP contribution in [0.1, 0.15) is 31.9 Å². The molecular weight excluding hydrogens is 530 g/mol. The lowest BCUT2D eigenvalue weighted by atomic mass is 10.1. The number of nitrogens with zero attached hydrogens (tertiary/aromatic N) is 2. The Labute approximate surface area is 209 Å². The molecule has 180 valence electrons. The number of benzene rings is 2. The third-order valence-electron chi connectivity index (χ3n) is 4.96. The number of halogens is 2. The molecule has 0 aliphatic rings. The van der Waals surface area contributed by atoms with Crippen molar-refractivity contribution in [1.82, 2.24) is 10.2 Å². The first kappa shape index (κ1) is 27.1. The summed E-state index contributed by atoms with van der Waals surface area (Å²) in [5.41, 5.74) is 1.77. The summed E-state index contributed by atoms with van der Waals surface area (Å²) in [7, 11) is -3.81. The Bertz CT molecular complexity index is 1120. The Morgan fingerprint density at radius 1 is 1.12 bits per heavy atom. The molecule has 1 atom stereocenters. The molecule has 10 heteroatoms. The molecule has 2 aromatic carbocycles. The molecule has 2 aromatic rings. The zero-order chi connectivity index (χ0) is 24.9. The summed E-state index contributed by atoms with van der Waals surface area (Å²) in [5, 5.41) is 3.17. The quantitative estimate of drug-likeness (QED) is 0.502. The average molecular weight is 559 g/mol. The van der Waals surface area contributed by atoms with Crippen molar-refractivity contribution in [3.8, 4) is 0 Å². The van der Waals surface area contributed by atoms with Crippen molar-refractivity contribution < 1.29 is 18.0 Å². The largest absolute Gasteiger partial charge is 0.352 e. The van der Waals surface area contributed by atoms with E-state index < -0.39 is 28.5 Å². The standard InChI is InChI=1S/C23H29BrClN3O4S/c1-15(2)26-23(30)17(4)27(13-18-7-6-8-19(24)11-18)22(29)14-28(33(5,31)32)21-12-20(25)10-9-16(21)3/h6-12,15,17H,13-14H2,1-5H3,(H,26,30)/t17-/m0/s1. The van der Waals surface area contributed by atoms with Crippen molar-refractivity contribution in [3.63, 3.8) is 0 Å². The van der Waals surface area contributed by atoms with Crippen LogP contribution in [0.15, 0.2) is 46.9 Å². The van der Waals surface area contributed by atoms with Gasteiger partial charge in [-0.25, -0.2) is 8.42 Å². The van der Waals surface area contributed by atoms with Gasteiger partial charge in [0.15, 0.2) is 0 Å². The van der Waals surface area contributed by atoms with Crippen LogP contribution in [0.2, 0.25) is 5.02 Å². The van der Waals surface area contributed by atoms with Crippen LogP contribution in [0.4, 0.5) is 5.69 Å². The van der Waals surface area contributed by atoms with Crippen LogP contribution >= 0.6 is 27.5 Å². The lowest BCUT2D eigenvalue weighted by Crippen LogP contribution is -2.52. The number of carbonyl (C=O) groups excluding carboxylic acids is 2. The number of nitrogens with one attached hydrogen (secondary N) is 1. The maximum absolute atomic E-state index is 13.5. The van der Waals surface area contributed by atoms with E-state index in [4.69, 9.17) is 11.6 Å². The molecule has 0 aromatic heterocycles. The second-order valence-electron chi connectivity index (χ2n) is 8.19. The van der Waals surface area contributed by atoms with Crippen molar-refractivity contribution in [2.75, 3.05) is 17.1 Å². The highest BCUT2D eigenvalue weighted by molar-refractivity contribution is 9.10. The monoisotopic (exact) mass is 557 g/mol. The number of sulfonamides is 1. The third kappa shape index (κ3) is 7.72. The van der Waals surface area contributed by atoms with Gasteiger partial charge in [0, 0.05) is 22.1 Å². The molecule has 0 aliphatic heterocycles. The highest BCUT2D eigenvalue weighted by Crippen LogP contribution is 2.27. The molecule has 7 nitrogen and oxygen atoms in total. The molecule has 0 spiro atoms. The molecule has 0 fully saturated rings. The van der Waals surface area contributed by atoms with Crippen LogP contribution in [0.25, 0.3) is 0 Å². The second kappa shape index (κ2) is 11.4. The van der Waals surface area contributed by atoms with Gasteiger partial charge in [-0.15, -0.1) is 0 Å². The summed E-state index contributed by atoms with van der Waals surface area (Å²) in [4.78, 5) is 27.6. The van der Waals surface area contributed by atoms with Gasteiger partial charge in [0.2, 0.25) is 21.8 Å². The lowest BCUT2D eigenvalue weighted by molar-refractivity contribution is -0.139. The molecule has 33 heavy (non-hydrogen) atoms. The fourth-order valence-electron chi connectivity index (χ4n) is 3.27. The number of anilines is 1. The second-order valence-corrected chi connectivity index (χ2v) is 11.5. The SMILES string of the molecule is Cc1ccc(Cl)cc1N(CC(=O)N(Cc1cccc(Br)c1)[C@@H](C)C(=O)NC(C)C)S(C)(=O)=O. The molecule has 0 radical (unpaired) electrons. The van der Waals surface area contributed by atoms with Crippen LogP contribution in [0.5, 0.6) is 0 Å². The molecule has 2 rings (SSSR count). The van der Waals surface area contributed by atoms with E-state index in [1.807, 2.05) is 38.1 Å². The van der Waals surface area contributed by atoms with Crippen molar-refractivity contribution in [2.45, 2.75) is 46.3 Å². The summed E-state index contributed by atoms with van der Waals surface area (Å²) >= 11 is 9.52. The highest BCUT2D eigenvalue weighted by atomic mass is 79.9. The lowest BCUT2D eigenvalue weighted by Gasteiger charge is -2.32. The summed E-state index contributed by atoms with van der Waals surface area (Å²) in [6.45, 7) is 6.70. The molecule has 0 aliphatic carbocycles. The van der Waals surface area contributed by atoms with Crippen LogP contribution in [-0.4, -0.2) is 50.0 Å². The normalized spacial score (nSPS) is 12.4. The Balaban J connectivity index is 2.44. The summed E-state index contributed by atoms with van der Waals surface area (Å²) < 4.78 is 27.1. The topological polar surface area (TPSA) is 86.8 Å². The van der Waals surface area contributed by atoms with Crippen LogP contribution in [0.3, 0.4) is 0 Å². The summed E-state index contributed by atoms with van der Waals surface area (Å²) in [6, 6.07) is 11.3. The average Bonchev–Trinajstić information content (AvgIpc) is 2.70. The minimum Gasteiger partial charge on any atom is -0.352 e. The third-order valence-corrected chi connectivity index (χ3v) is 6.81. The van der Waals surface area contributed by atoms with E-state index in [9.17, 15) is 18.0 Å². The van der Waals surface area contributed by atoms with Crippen molar-refractivity contribution in [3.05, 3.63) is 63.1 Å². The van der Waals surface area contributed by atoms with Crippen molar-refractivity contribution >= 4 is 55.1 Å². The van der Waals surface area contributed by atoms with Gasteiger partial charge >= 0.3 is 0 Å². The molecule has 2 amide bonds. The number of amides is 2. The minimum absolute atomic E-state index is 0.107. The molecular formula is C23H29BrClN3O4S. The number of aryl methyl sites for hydroxylation is 1. The predicted octanol–water partition coefficient (Wildman–Crippen LogP) is 4.12. The fraction of sp³-hybridized carbons (Fsp3) is 0.391. The number of carbonyl (C=O) groups is 2. The predicted molar refractivity (Wildman–Crippen MR) is 136 cm³/mol. The smallest absolute Gasteiger partial charge is 0.244 e. The molecule has 0 unspecified atom stereocenters. The van der Waals surface area contributed by atoms with Gasteiger partial charge in [-0.2, -0.15) is 0 Å². The first-order chi connectivity index (χ1) is 15.3. The van der Waals surface area contributed by atoms with Gasteiger partial charge in [0.25, 0.3) is 0 Å². The Morgan fingerprint density at radius 2 is 1.79 bits per heavy atom. The maximum atomic E-state index is 13.5. The zero-order valence-corrected chi connectivity index (χ0v) is 22.5. The van der Waals surface area contributed by atoms with E-state index >= 15 is 0 Å². The van der Waals surface area contributed by atoms with Gasteiger partial charge < -0.3 is 10.2 Å². The van der Waals surface area contributed by atoms with E-state index in [1.165, 1.54) is 11.0 Å². The van der Waals surface area contributed by atoms with E-state index in [0.29, 0.717) is 16.3 Å². The molecule has 0 saturated carbocycles. The zero-order valence-electron chi connectivity index (χ0n) is 19.3. The Hall–Kier alpha value is -2.10. The number of hydrogen-bond acceptors (Lipinski definition) is 4. The molecule has 0 heterocycles. The van der Waals surface area contributed by atoms with Crippen LogP contribution in [-0.2, 0) is 26.2 Å². The van der Waals surface area contributed by atoms with Gasteiger partial charge in [0.05, 0.1) is 11.9 Å². The van der Waals surface area contributed by atoms with E-state index in [1.54, 1.807) is 26.0 Å². The molecule has 0 bridgehead atoms. The summed E-state index contributed by atoms with van der Waals surface area (Å²) in [5.74, 6) is -0.829. The number of rotatable bonds is 9. The van der Waals surface area contributed by atoms with Gasteiger partial charge in [0.1, 0.15) is 12.6 Å². The molecule has 1 N–H and O–H groups in total. The first-order valence-electron chi connectivity index (χ1n) is 10.4. The Morgan fingerprint density at radius 3 is 2.36 bits per heavy atom. The van der Waals surface area contributed by atoms with E-state index in [2.05, 4.69) is 21.2 Å². The van der Waals surface area contributed by atoms with E-state index in [0.717, 1.165) is 20.6 Å². The van der Waals surface area contributed by atoms with Gasteiger partial charge in [-0.3, -0.25) is 13.9 Å². The highest BCUT2D eigenvalue weighted by Gasteiger charge is 2.30. The van der Waals surface area contributed by atoms with Crippen LogP contribution in [0, 0.1) is 6.92 Å². The maximum Gasteiger partial charge on any atom is 0.244 e. The van der Waals surface area contributed by atoms with E-state index in [-0.39, 0.29) is 18.5 Å². The van der Waals surface area contributed by atoms with Crippen LogP contribution < -0.4 is 9.62 Å². The van der Waals surface area contributed by atoms with Crippen molar-refractivity contribution in [1.29, 1.82) is 0 Å². The fourth-order valence-corrected chi connectivity index (χ4v) is 4.78. The summed E-state index contributed by atoms with van der Waals surface area (Å²) in [6.07, 6.45) is 1.04. The van der Waals surface area contributed by atoms with Gasteiger partial charge in [-0.05, 0) is 63.1 Å². The van der Waals surface area contributed by atoms with Gasteiger partial charge in [-0.1, -0.05) is 45.7 Å². The number of hydrogen-bond donors (Lipinski definition) is 1. The van der Waals surface area contributed by atoms with Crippen molar-refractivity contribution in [2.24, 2.45) is 0 Å². The minimum atomic E-state index is -3.81. The first-order valence-corrected chi connectivity index (χ1v) is 13.4. The Kier molecular flexibility index (Phi) is 9.34. The molecule has 0 saturated heterocycles.